The number of unbranched alkanes of at least 4 members (excludes halogenated alkanes) is 1. The third kappa shape index (κ3) is 5.16. The zero-order valence-corrected chi connectivity index (χ0v) is 9.76. The molecule has 5 heteroatoms. The highest BCUT2D eigenvalue weighted by molar-refractivity contribution is 4.79. The van der Waals surface area contributed by atoms with E-state index in [1.807, 2.05) is 0 Å². The zero-order valence-electron chi connectivity index (χ0n) is 9.76. The molecule has 0 aromatic carbocycles. The van der Waals surface area contributed by atoms with Gasteiger partial charge in [-0.15, -0.1) is 0 Å². The number of likely N-dealkylation sites (tertiary alicyclic amines) is 1. The average molecular weight is 238 g/mol. The van der Waals surface area contributed by atoms with Crippen LogP contribution in [0.2, 0.25) is 0 Å². The van der Waals surface area contributed by atoms with Gasteiger partial charge in [0.2, 0.25) is 0 Å². The second-order valence-electron chi connectivity index (χ2n) is 4.80. The van der Waals surface area contributed by atoms with Gasteiger partial charge in [0.15, 0.2) is 0 Å². The summed E-state index contributed by atoms with van der Waals surface area (Å²) in [5.41, 5.74) is 5.88. The van der Waals surface area contributed by atoms with E-state index in [1.54, 1.807) is 0 Å². The van der Waals surface area contributed by atoms with E-state index in [2.05, 4.69) is 11.8 Å². The van der Waals surface area contributed by atoms with Crippen molar-refractivity contribution in [3.05, 3.63) is 0 Å². The summed E-state index contributed by atoms with van der Waals surface area (Å²) in [7, 11) is 0. The van der Waals surface area contributed by atoms with Crippen LogP contribution in [0, 0.1) is 5.92 Å². The molecule has 0 bridgehead atoms. The first-order valence-electron chi connectivity index (χ1n) is 5.93. The lowest BCUT2D eigenvalue weighted by atomic mass is 9.94. The van der Waals surface area contributed by atoms with Gasteiger partial charge in [-0.3, -0.25) is 0 Å². The molecule has 1 fully saturated rings. The molecule has 2 N–H and O–H groups in total. The van der Waals surface area contributed by atoms with Gasteiger partial charge >= 0.3 is 6.18 Å². The van der Waals surface area contributed by atoms with Crippen LogP contribution in [0.4, 0.5) is 13.2 Å². The second-order valence-corrected chi connectivity index (χ2v) is 4.80. The van der Waals surface area contributed by atoms with Crippen LogP contribution >= 0.6 is 0 Å². The Hall–Kier alpha value is -0.290. The van der Waals surface area contributed by atoms with Crippen LogP contribution in [-0.4, -0.2) is 36.8 Å². The van der Waals surface area contributed by atoms with E-state index >= 15 is 0 Å². The molecule has 1 aliphatic heterocycles. The van der Waals surface area contributed by atoms with Gasteiger partial charge in [0.25, 0.3) is 0 Å². The minimum absolute atomic E-state index is 0.237. The molecule has 1 aliphatic rings. The molecule has 16 heavy (non-hydrogen) atoms. The van der Waals surface area contributed by atoms with E-state index in [1.165, 1.54) is 0 Å². The molecule has 0 aromatic heterocycles. The fourth-order valence-corrected chi connectivity index (χ4v) is 2.11. The average Bonchev–Trinajstić information content (AvgIpc) is 2.17. The Morgan fingerprint density at radius 1 is 1.31 bits per heavy atom. The monoisotopic (exact) mass is 238 g/mol. The molecule has 0 saturated carbocycles. The van der Waals surface area contributed by atoms with Crippen LogP contribution in [0.3, 0.4) is 0 Å². The second kappa shape index (κ2) is 5.87. The number of nitrogens with zero attached hydrogens (tertiary/aromatic N) is 1. The molecule has 0 spiro atoms. The molecule has 1 rings (SSSR count). The minimum atomic E-state index is -4.00. The topological polar surface area (TPSA) is 29.3 Å². The number of alkyl halides is 3. The van der Waals surface area contributed by atoms with Crippen LogP contribution in [0.15, 0.2) is 0 Å². The van der Waals surface area contributed by atoms with Crippen molar-refractivity contribution in [1.82, 2.24) is 4.90 Å². The van der Waals surface area contributed by atoms with E-state index < -0.39 is 12.6 Å². The number of hydrogen-bond donors (Lipinski definition) is 1. The predicted octanol–water partition coefficient (Wildman–Crippen LogP) is 2.39. The predicted molar refractivity (Wildman–Crippen MR) is 58.1 cm³/mol. The van der Waals surface area contributed by atoms with Gasteiger partial charge in [-0.25, -0.2) is 0 Å². The smallest absolute Gasteiger partial charge is 0.327 e. The zero-order chi connectivity index (χ0) is 12.2. The van der Waals surface area contributed by atoms with Gasteiger partial charge in [0, 0.05) is 19.0 Å². The van der Waals surface area contributed by atoms with Crippen molar-refractivity contribution in [2.24, 2.45) is 11.7 Å². The van der Waals surface area contributed by atoms with Gasteiger partial charge in [-0.1, -0.05) is 6.92 Å². The Balaban J connectivity index is 2.10. The van der Waals surface area contributed by atoms with Gasteiger partial charge in [0.05, 0.1) is 0 Å². The Bertz CT molecular complexity index is 206. The van der Waals surface area contributed by atoms with Crippen molar-refractivity contribution in [3.63, 3.8) is 0 Å². The third-order valence-corrected chi connectivity index (χ3v) is 3.24. The Labute approximate surface area is 95.0 Å². The summed E-state index contributed by atoms with van der Waals surface area (Å²) in [4.78, 5) is 2.23. The molecular formula is C11H21F3N2. The number of nitrogens with two attached hydrogens (primary N) is 1. The number of rotatable bonds is 4. The molecule has 1 saturated heterocycles. The molecule has 0 aromatic rings. The lowest BCUT2D eigenvalue weighted by Gasteiger charge is -2.35. The lowest BCUT2D eigenvalue weighted by molar-refractivity contribution is -0.135. The lowest BCUT2D eigenvalue weighted by Crippen LogP contribution is -2.46. The normalized spacial score (nSPS) is 28.3. The SMILES string of the molecule is CC1CN(CCCCC(F)(F)F)CCC1N. The van der Waals surface area contributed by atoms with E-state index in [0.29, 0.717) is 12.3 Å². The Morgan fingerprint density at radius 2 is 2.00 bits per heavy atom. The molecule has 2 unspecified atom stereocenters. The molecular weight excluding hydrogens is 217 g/mol. The highest BCUT2D eigenvalue weighted by atomic mass is 19.4. The van der Waals surface area contributed by atoms with Gasteiger partial charge in [-0.05, 0) is 38.3 Å². The number of halogens is 3. The summed E-state index contributed by atoms with van der Waals surface area (Å²) in [6, 6.07) is 0.256. The highest BCUT2D eigenvalue weighted by Crippen LogP contribution is 2.22. The summed E-state index contributed by atoms with van der Waals surface area (Å²) >= 11 is 0. The van der Waals surface area contributed by atoms with Crippen molar-refractivity contribution in [2.45, 2.75) is 44.8 Å². The van der Waals surface area contributed by atoms with Crippen molar-refractivity contribution < 1.29 is 13.2 Å². The van der Waals surface area contributed by atoms with Crippen LogP contribution in [-0.2, 0) is 0 Å². The summed E-state index contributed by atoms with van der Waals surface area (Å²) in [5, 5.41) is 0. The summed E-state index contributed by atoms with van der Waals surface area (Å²) in [6.45, 7) is 4.73. The number of piperidine rings is 1. The van der Waals surface area contributed by atoms with E-state index in [9.17, 15) is 13.2 Å². The van der Waals surface area contributed by atoms with Crippen molar-refractivity contribution in [2.75, 3.05) is 19.6 Å². The fourth-order valence-electron chi connectivity index (χ4n) is 2.11. The maximum Gasteiger partial charge on any atom is 0.389 e. The van der Waals surface area contributed by atoms with Gasteiger partial charge in [0.1, 0.15) is 0 Å². The molecule has 0 aliphatic carbocycles. The van der Waals surface area contributed by atoms with E-state index in [-0.39, 0.29) is 12.5 Å². The molecule has 2 atom stereocenters. The van der Waals surface area contributed by atoms with Crippen molar-refractivity contribution >= 4 is 0 Å². The first-order chi connectivity index (χ1) is 7.38. The standard InChI is InChI=1S/C11H21F3N2/c1-9-8-16(7-4-10(9)15)6-3-2-5-11(12,13)14/h9-10H,2-8,15H2,1H3. The van der Waals surface area contributed by atoms with Crippen molar-refractivity contribution in [3.8, 4) is 0 Å². The van der Waals surface area contributed by atoms with Crippen LogP contribution in [0.25, 0.3) is 0 Å². The molecule has 0 amide bonds. The van der Waals surface area contributed by atoms with Gasteiger partial charge < -0.3 is 10.6 Å². The van der Waals surface area contributed by atoms with E-state index in [4.69, 9.17) is 5.73 Å². The van der Waals surface area contributed by atoms with Crippen LogP contribution < -0.4 is 5.73 Å². The summed E-state index contributed by atoms with van der Waals surface area (Å²) in [6.07, 6.45) is -2.84. The summed E-state index contributed by atoms with van der Waals surface area (Å²) in [5.74, 6) is 0.455. The largest absolute Gasteiger partial charge is 0.389 e. The third-order valence-electron chi connectivity index (χ3n) is 3.24. The Morgan fingerprint density at radius 3 is 2.56 bits per heavy atom. The van der Waals surface area contributed by atoms with Crippen LogP contribution in [0.5, 0.6) is 0 Å². The quantitative estimate of drug-likeness (QED) is 0.762. The number of hydrogen-bond acceptors (Lipinski definition) is 2. The molecule has 0 radical (unpaired) electrons. The summed E-state index contributed by atoms with van der Waals surface area (Å²) < 4.78 is 35.7. The van der Waals surface area contributed by atoms with E-state index in [0.717, 1.165) is 26.1 Å². The van der Waals surface area contributed by atoms with Crippen molar-refractivity contribution in [1.29, 1.82) is 0 Å². The molecule has 96 valence electrons. The highest BCUT2D eigenvalue weighted by Gasteiger charge is 2.26. The first kappa shape index (κ1) is 13.8. The van der Waals surface area contributed by atoms with Crippen LogP contribution in [0.1, 0.15) is 32.6 Å². The molecule has 1 heterocycles. The molecule has 2 nitrogen and oxygen atoms in total. The van der Waals surface area contributed by atoms with Gasteiger partial charge in [-0.2, -0.15) is 13.2 Å². The minimum Gasteiger partial charge on any atom is -0.327 e. The maximum atomic E-state index is 11.9. The first-order valence-corrected chi connectivity index (χ1v) is 5.93. The fraction of sp³-hybridized carbons (Fsp3) is 1.00. The maximum absolute atomic E-state index is 11.9. The Kier molecular flexibility index (Phi) is 5.05.